The van der Waals surface area contributed by atoms with Crippen molar-refractivity contribution in [3.63, 3.8) is 0 Å². The molecule has 6 heteroatoms. The summed E-state index contributed by atoms with van der Waals surface area (Å²) in [6, 6.07) is 14.3. The van der Waals surface area contributed by atoms with Gasteiger partial charge in [0.05, 0.1) is 6.61 Å². The third-order valence-electron chi connectivity index (χ3n) is 3.01. The summed E-state index contributed by atoms with van der Waals surface area (Å²) in [6.07, 6.45) is 0.919. The largest absolute Gasteiger partial charge is 0.493 e. The Labute approximate surface area is 126 Å². The number of nitrogen functional groups attached to an aromatic ring is 1. The van der Waals surface area contributed by atoms with Gasteiger partial charge in [0.15, 0.2) is 0 Å². The molecule has 0 aliphatic rings. The Kier molecular flexibility index (Phi) is 4.25. The van der Waals surface area contributed by atoms with Crippen LogP contribution in [-0.2, 0) is 0 Å². The van der Waals surface area contributed by atoms with Gasteiger partial charge in [-0.15, -0.1) is 5.10 Å². The van der Waals surface area contributed by atoms with Crippen LogP contribution in [-0.4, -0.2) is 27.5 Å². The molecule has 0 amide bonds. The zero-order chi connectivity index (χ0) is 14.5. The van der Waals surface area contributed by atoms with Gasteiger partial charge in [-0.2, -0.15) is 4.98 Å². The molecule has 3 rings (SSSR count). The normalized spacial score (nSPS) is 10.9. The van der Waals surface area contributed by atoms with Gasteiger partial charge in [0, 0.05) is 11.1 Å². The van der Waals surface area contributed by atoms with Crippen LogP contribution in [0.5, 0.6) is 5.75 Å². The summed E-state index contributed by atoms with van der Waals surface area (Å²) in [5, 5.41) is 9.61. The molecule has 1 heterocycles. The zero-order valence-electron chi connectivity index (χ0n) is 11.5. The van der Waals surface area contributed by atoms with Gasteiger partial charge in [0.1, 0.15) is 5.75 Å². The average molecular weight is 300 g/mol. The molecular formula is C15H16N4OS. The van der Waals surface area contributed by atoms with Crippen molar-refractivity contribution in [1.82, 2.24) is 15.2 Å². The highest BCUT2D eigenvalue weighted by molar-refractivity contribution is 7.99. The van der Waals surface area contributed by atoms with Crippen LogP contribution in [0.3, 0.4) is 0 Å². The van der Waals surface area contributed by atoms with Crippen LogP contribution in [0.15, 0.2) is 47.6 Å². The topological polar surface area (TPSA) is 76.8 Å². The van der Waals surface area contributed by atoms with E-state index in [4.69, 9.17) is 10.5 Å². The molecule has 3 N–H and O–H groups in total. The number of anilines is 1. The molecule has 5 nitrogen and oxygen atoms in total. The number of nitrogens with one attached hydrogen (secondary N) is 1. The zero-order valence-corrected chi connectivity index (χ0v) is 12.3. The number of fused-ring (bicyclic) bond motifs is 1. The van der Waals surface area contributed by atoms with Gasteiger partial charge in [-0.25, -0.2) is 5.10 Å². The lowest BCUT2D eigenvalue weighted by Crippen LogP contribution is -1.99. The molecule has 0 aliphatic carbocycles. The van der Waals surface area contributed by atoms with Crippen molar-refractivity contribution >= 4 is 28.5 Å². The monoisotopic (exact) mass is 300 g/mol. The van der Waals surface area contributed by atoms with E-state index in [2.05, 4.69) is 33.4 Å². The van der Waals surface area contributed by atoms with E-state index in [1.165, 1.54) is 5.39 Å². The fourth-order valence-corrected chi connectivity index (χ4v) is 2.77. The number of thioether (sulfide) groups is 1. The van der Waals surface area contributed by atoms with Crippen LogP contribution in [0, 0.1) is 0 Å². The van der Waals surface area contributed by atoms with Crippen molar-refractivity contribution in [3.05, 3.63) is 42.5 Å². The van der Waals surface area contributed by atoms with E-state index >= 15 is 0 Å². The van der Waals surface area contributed by atoms with E-state index < -0.39 is 0 Å². The van der Waals surface area contributed by atoms with E-state index in [0.717, 1.165) is 23.3 Å². The summed E-state index contributed by atoms with van der Waals surface area (Å²) in [7, 11) is 0. The Balaban J connectivity index is 1.50. The molecule has 0 saturated carbocycles. The second kappa shape index (κ2) is 6.49. The molecule has 0 radical (unpaired) electrons. The quantitative estimate of drug-likeness (QED) is 0.540. The first-order chi connectivity index (χ1) is 10.3. The Morgan fingerprint density at radius 3 is 2.86 bits per heavy atom. The highest BCUT2D eigenvalue weighted by atomic mass is 32.2. The Hall–Kier alpha value is -2.21. The molecule has 0 fully saturated rings. The van der Waals surface area contributed by atoms with E-state index in [1.807, 2.05) is 24.3 Å². The van der Waals surface area contributed by atoms with Gasteiger partial charge >= 0.3 is 0 Å². The average Bonchev–Trinajstić information content (AvgIpc) is 2.92. The van der Waals surface area contributed by atoms with Crippen molar-refractivity contribution in [1.29, 1.82) is 0 Å². The molecule has 0 unspecified atom stereocenters. The highest BCUT2D eigenvalue weighted by Crippen LogP contribution is 2.25. The Morgan fingerprint density at radius 2 is 2.00 bits per heavy atom. The van der Waals surface area contributed by atoms with Crippen molar-refractivity contribution in [2.75, 3.05) is 18.1 Å². The van der Waals surface area contributed by atoms with E-state index in [9.17, 15) is 0 Å². The number of nitrogens with zero attached hydrogens (tertiary/aromatic N) is 2. The summed E-state index contributed by atoms with van der Waals surface area (Å²) < 4.78 is 5.88. The van der Waals surface area contributed by atoms with Gasteiger partial charge in [-0.05, 0) is 17.9 Å². The molecular weight excluding hydrogens is 284 g/mol. The maximum atomic E-state index is 5.88. The lowest BCUT2D eigenvalue weighted by molar-refractivity contribution is 0.322. The van der Waals surface area contributed by atoms with Crippen LogP contribution in [0.25, 0.3) is 10.8 Å². The highest BCUT2D eigenvalue weighted by Gasteiger charge is 2.03. The second-order valence-electron chi connectivity index (χ2n) is 4.53. The maximum absolute atomic E-state index is 5.88. The number of hydrogen-bond donors (Lipinski definition) is 2. The molecule has 3 aromatic rings. The number of rotatable bonds is 6. The molecule has 0 spiro atoms. The molecule has 1 aromatic heterocycles. The van der Waals surface area contributed by atoms with Crippen molar-refractivity contribution in [3.8, 4) is 5.75 Å². The smallest absolute Gasteiger partial charge is 0.216 e. The standard InChI is InChI=1S/C15H16N4OS/c16-14-17-15(19-18-14)21-10-4-9-20-13-8-3-6-11-5-1-2-7-12(11)13/h1-3,5-8H,4,9-10H2,(H3,16,17,18,19). The van der Waals surface area contributed by atoms with Gasteiger partial charge in [-0.3, -0.25) is 0 Å². The van der Waals surface area contributed by atoms with Gasteiger partial charge in [0.2, 0.25) is 11.1 Å². The molecule has 2 aromatic carbocycles. The second-order valence-corrected chi connectivity index (χ2v) is 5.59. The van der Waals surface area contributed by atoms with Crippen LogP contribution < -0.4 is 10.5 Å². The Bertz CT molecular complexity index is 723. The molecule has 108 valence electrons. The van der Waals surface area contributed by atoms with Gasteiger partial charge in [0.25, 0.3) is 0 Å². The predicted molar refractivity (Wildman–Crippen MR) is 85.6 cm³/mol. The van der Waals surface area contributed by atoms with Crippen LogP contribution in [0.2, 0.25) is 0 Å². The third-order valence-corrected chi connectivity index (χ3v) is 3.94. The van der Waals surface area contributed by atoms with Gasteiger partial charge < -0.3 is 10.5 Å². The van der Waals surface area contributed by atoms with Crippen LogP contribution in [0.1, 0.15) is 6.42 Å². The van der Waals surface area contributed by atoms with E-state index in [1.54, 1.807) is 11.8 Å². The number of ether oxygens (including phenoxy) is 1. The van der Waals surface area contributed by atoms with Crippen LogP contribution in [0.4, 0.5) is 5.95 Å². The number of H-pyrrole nitrogens is 1. The first-order valence-corrected chi connectivity index (χ1v) is 7.73. The lowest BCUT2D eigenvalue weighted by atomic mass is 10.1. The van der Waals surface area contributed by atoms with Gasteiger partial charge in [-0.1, -0.05) is 48.2 Å². The lowest BCUT2D eigenvalue weighted by Gasteiger charge is -2.08. The Morgan fingerprint density at radius 1 is 1.14 bits per heavy atom. The predicted octanol–water partition coefficient (Wildman–Crippen LogP) is 3.10. The minimum Gasteiger partial charge on any atom is -0.493 e. The number of aromatic nitrogens is 3. The molecule has 0 atom stereocenters. The van der Waals surface area contributed by atoms with Crippen molar-refractivity contribution in [2.45, 2.75) is 11.6 Å². The summed E-state index contributed by atoms with van der Waals surface area (Å²) in [4.78, 5) is 4.04. The number of benzene rings is 2. The summed E-state index contributed by atoms with van der Waals surface area (Å²) in [5.74, 6) is 2.17. The van der Waals surface area contributed by atoms with E-state index in [0.29, 0.717) is 17.7 Å². The minimum absolute atomic E-state index is 0.351. The summed E-state index contributed by atoms with van der Waals surface area (Å²) >= 11 is 1.57. The molecule has 0 bridgehead atoms. The SMILES string of the molecule is Nc1nc(SCCCOc2cccc3ccccc23)n[nH]1. The molecule has 21 heavy (non-hydrogen) atoms. The summed E-state index contributed by atoms with van der Waals surface area (Å²) in [6.45, 7) is 0.668. The first-order valence-electron chi connectivity index (χ1n) is 6.74. The fourth-order valence-electron chi connectivity index (χ4n) is 2.05. The van der Waals surface area contributed by atoms with Crippen molar-refractivity contribution < 1.29 is 4.74 Å². The third kappa shape index (κ3) is 3.46. The van der Waals surface area contributed by atoms with E-state index in [-0.39, 0.29) is 0 Å². The van der Waals surface area contributed by atoms with Crippen LogP contribution >= 0.6 is 11.8 Å². The minimum atomic E-state index is 0.351. The summed E-state index contributed by atoms with van der Waals surface area (Å²) in [5.41, 5.74) is 5.47. The maximum Gasteiger partial charge on any atom is 0.216 e. The first kappa shape index (κ1) is 13.8. The number of hydrogen-bond acceptors (Lipinski definition) is 5. The molecule has 0 saturated heterocycles. The number of nitrogens with two attached hydrogens (primary N) is 1. The number of aromatic amines is 1. The molecule has 0 aliphatic heterocycles. The van der Waals surface area contributed by atoms with Crippen molar-refractivity contribution in [2.24, 2.45) is 0 Å². The fraction of sp³-hybridized carbons (Fsp3) is 0.200.